The molecule has 0 saturated heterocycles. The minimum Gasteiger partial charge on any atom is -0.0677 e. The van der Waals surface area contributed by atoms with Crippen LogP contribution in [0.2, 0.25) is 18.1 Å². The molecule has 1 aromatic carbocycles. The van der Waals surface area contributed by atoms with Gasteiger partial charge in [0.2, 0.25) is 0 Å². The van der Waals surface area contributed by atoms with Crippen molar-refractivity contribution in [3.05, 3.63) is 35.9 Å². The summed E-state index contributed by atoms with van der Waals surface area (Å²) in [7, 11) is -1.20. The SMILES string of the molecule is CC[Si](CC)(CC)C(CC(C)(C)C)c1ccccc1. The molecule has 1 atom stereocenters. The van der Waals surface area contributed by atoms with Gasteiger partial charge in [0.25, 0.3) is 0 Å². The fourth-order valence-corrected chi connectivity index (χ4v) is 8.40. The van der Waals surface area contributed by atoms with Gasteiger partial charge >= 0.3 is 0 Å². The van der Waals surface area contributed by atoms with Gasteiger partial charge in [-0.3, -0.25) is 0 Å². The molecule has 1 heteroatoms. The topological polar surface area (TPSA) is 0 Å². The van der Waals surface area contributed by atoms with Crippen LogP contribution in [0.15, 0.2) is 30.3 Å². The molecular formula is C18H32Si. The lowest BCUT2D eigenvalue weighted by Gasteiger charge is -2.41. The third-order valence-electron chi connectivity index (χ3n) is 4.87. The molecule has 0 spiro atoms. The van der Waals surface area contributed by atoms with Crippen molar-refractivity contribution in [3.8, 4) is 0 Å². The molecule has 0 saturated carbocycles. The second-order valence-electron chi connectivity index (χ2n) is 7.15. The van der Waals surface area contributed by atoms with Crippen molar-refractivity contribution in [1.29, 1.82) is 0 Å². The summed E-state index contributed by atoms with van der Waals surface area (Å²) in [4.78, 5) is 0. The Morgan fingerprint density at radius 3 is 1.74 bits per heavy atom. The Labute approximate surface area is 121 Å². The van der Waals surface area contributed by atoms with E-state index in [1.165, 1.54) is 24.6 Å². The van der Waals surface area contributed by atoms with Crippen LogP contribution in [-0.4, -0.2) is 8.07 Å². The van der Waals surface area contributed by atoms with Gasteiger partial charge in [-0.2, -0.15) is 0 Å². The molecule has 0 fully saturated rings. The van der Waals surface area contributed by atoms with Crippen LogP contribution in [0.25, 0.3) is 0 Å². The van der Waals surface area contributed by atoms with Gasteiger partial charge in [-0.15, -0.1) is 0 Å². The molecule has 0 N–H and O–H groups in total. The molecule has 0 aliphatic rings. The molecular weight excluding hydrogens is 244 g/mol. The largest absolute Gasteiger partial charge is 0.0677 e. The average molecular weight is 277 g/mol. The Morgan fingerprint density at radius 1 is 0.895 bits per heavy atom. The predicted octanol–water partition coefficient (Wildman–Crippen LogP) is 6.25. The van der Waals surface area contributed by atoms with Crippen LogP contribution in [0.4, 0.5) is 0 Å². The molecule has 0 bridgehead atoms. The number of benzene rings is 1. The van der Waals surface area contributed by atoms with E-state index in [4.69, 9.17) is 0 Å². The van der Waals surface area contributed by atoms with Crippen LogP contribution >= 0.6 is 0 Å². The van der Waals surface area contributed by atoms with Gasteiger partial charge < -0.3 is 0 Å². The minimum atomic E-state index is -1.20. The van der Waals surface area contributed by atoms with E-state index in [1.807, 2.05) is 0 Å². The molecule has 0 aliphatic heterocycles. The van der Waals surface area contributed by atoms with Crippen LogP contribution in [0.1, 0.15) is 59.1 Å². The second kappa shape index (κ2) is 6.74. The summed E-state index contributed by atoms with van der Waals surface area (Å²) in [5.41, 5.74) is 2.82. The molecule has 0 nitrogen and oxygen atoms in total. The minimum absolute atomic E-state index is 0.415. The normalized spacial score (nSPS) is 14.4. The van der Waals surface area contributed by atoms with Crippen LogP contribution in [0.3, 0.4) is 0 Å². The lowest BCUT2D eigenvalue weighted by atomic mass is 9.88. The van der Waals surface area contributed by atoms with Crippen LogP contribution in [-0.2, 0) is 0 Å². The van der Waals surface area contributed by atoms with Crippen LogP contribution in [0, 0.1) is 5.41 Å². The van der Waals surface area contributed by atoms with Gasteiger partial charge in [0.15, 0.2) is 0 Å². The Balaban J connectivity index is 3.19. The van der Waals surface area contributed by atoms with E-state index < -0.39 is 8.07 Å². The van der Waals surface area contributed by atoms with Crippen molar-refractivity contribution in [2.45, 2.75) is 71.6 Å². The van der Waals surface area contributed by atoms with E-state index in [2.05, 4.69) is 71.9 Å². The quantitative estimate of drug-likeness (QED) is 0.538. The first-order chi connectivity index (χ1) is 8.88. The average Bonchev–Trinajstić information content (AvgIpc) is 2.40. The number of rotatable bonds is 6. The highest BCUT2D eigenvalue weighted by Gasteiger charge is 2.38. The Bertz CT molecular complexity index is 349. The first-order valence-corrected chi connectivity index (χ1v) is 10.6. The number of hydrogen-bond donors (Lipinski definition) is 0. The summed E-state index contributed by atoms with van der Waals surface area (Å²) >= 11 is 0. The molecule has 1 unspecified atom stereocenters. The monoisotopic (exact) mass is 276 g/mol. The van der Waals surface area contributed by atoms with Crippen LogP contribution in [0.5, 0.6) is 0 Å². The molecule has 0 aromatic heterocycles. The maximum atomic E-state index is 2.43. The zero-order valence-electron chi connectivity index (χ0n) is 13.8. The van der Waals surface area contributed by atoms with Gasteiger partial charge in [-0.25, -0.2) is 0 Å². The highest BCUT2D eigenvalue weighted by molar-refractivity contribution is 6.81. The van der Waals surface area contributed by atoms with Gasteiger partial charge in [-0.05, 0) is 22.9 Å². The van der Waals surface area contributed by atoms with E-state index in [0.717, 1.165) is 5.54 Å². The zero-order valence-corrected chi connectivity index (χ0v) is 14.8. The van der Waals surface area contributed by atoms with E-state index in [0.29, 0.717) is 5.41 Å². The van der Waals surface area contributed by atoms with E-state index >= 15 is 0 Å². The first kappa shape index (κ1) is 16.5. The van der Waals surface area contributed by atoms with Crippen molar-refractivity contribution >= 4 is 8.07 Å². The lowest BCUT2D eigenvalue weighted by molar-refractivity contribution is 0.366. The third-order valence-corrected chi connectivity index (χ3v) is 11.1. The Hall–Kier alpha value is -0.563. The van der Waals surface area contributed by atoms with E-state index in [1.54, 1.807) is 5.56 Å². The molecule has 19 heavy (non-hydrogen) atoms. The van der Waals surface area contributed by atoms with Gasteiger partial charge in [-0.1, -0.05) is 90.0 Å². The van der Waals surface area contributed by atoms with Crippen molar-refractivity contribution in [1.82, 2.24) is 0 Å². The van der Waals surface area contributed by atoms with Gasteiger partial charge in [0.1, 0.15) is 0 Å². The summed E-state index contributed by atoms with van der Waals surface area (Å²) in [6.07, 6.45) is 1.33. The highest BCUT2D eigenvalue weighted by atomic mass is 28.3. The van der Waals surface area contributed by atoms with Crippen molar-refractivity contribution in [2.75, 3.05) is 0 Å². The standard InChI is InChI=1S/C18H32Si/c1-7-19(8-2,9-3)17(15-18(4,5)6)16-13-11-10-12-14-16/h10-14,17H,7-9,15H2,1-6H3. The summed E-state index contributed by atoms with van der Waals surface area (Å²) < 4.78 is 0. The summed E-state index contributed by atoms with van der Waals surface area (Å²) in [5, 5.41) is 0. The Kier molecular flexibility index (Phi) is 5.85. The molecule has 0 radical (unpaired) electrons. The third kappa shape index (κ3) is 4.20. The fraction of sp³-hybridized carbons (Fsp3) is 0.667. The van der Waals surface area contributed by atoms with E-state index in [-0.39, 0.29) is 0 Å². The molecule has 1 aromatic rings. The van der Waals surface area contributed by atoms with Crippen LogP contribution < -0.4 is 0 Å². The smallest absolute Gasteiger partial charge is 0.0605 e. The summed E-state index contributed by atoms with van der Waals surface area (Å²) in [6, 6.07) is 15.5. The molecule has 0 amide bonds. The molecule has 1 rings (SSSR count). The summed E-state index contributed by atoms with van der Waals surface area (Å²) in [6.45, 7) is 14.5. The maximum absolute atomic E-state index is 2.43. The predicted molar refractivity (Wildman–Crippen MR) is 90.5 cm³/mol. The first-order valence-electron chi connectivity index (χ1n) is 7.93. The van der Waals surface area contributed by atoms with Gasteiger partial charge in [0, 0.05) is 0 Å². The van der Waals surface area contributed by atoms with Crippen molar-refractivity contribution < 1.29 is 0 Å². The van der Waals surface area contributed by atoms with Gasteiger partial charge in [0.05, 0.1) is 8.07 Å². The Morgan fingerprint density at radius 2 is 1.37 bits per heavy atom. The zero-order chi connectivity index (χ0) is 14.5. The summed E-state index contributed by atoms with van der Waals surface area (Å²) in [5.74, 6) is 0. The molecule has 108 valence electrons. The second-order valence-corrected chi connectivity index (χ2v) is 12.7. The maximum Gasteiger partial charge on any atom is 0.0605 e. The van der Waals surface area contributed by atoms with E-state index in [9.17, 15) is 0 Å². The fourth-order valence-electron chi connectivity index (χ4n) is 3.47. The van der Waals surface area contributed by atoms with Crippen molar-refractivity contribution in [3.63, 3.8) is 0 Å². The lowest BCUT2D eigenvalue weighted by Crippen LogP contribution is -2.41. The molecule has 0 aliphatic carbocycles. The number of hydrogen-bond acceptors (Lipinski definition) is 0. The molecule has 0 heterocycles. The van der Waals surface area contributed by atoms with Crippen molar-refractivity contribution in [2.24, 2.45) is 5.41 Å². The highest BCUT2D eigenvalue weighted by Crippen LogP contribution is 2.43.